The number of rotatable bonds is 5. The normalized spacial score (nSPS) is 12.6. The minimum Gasteiger partial charge on any atom is -0.371 e. The lowest BCUT2D eigenvalue weighted by Gasteiger charge is -2.24. The van der Waals surface area contributed by atoms with Crippen molar-refractivity contribution in [3.63, 3.8) is 0 Å². The summed E-state index contributed by atoms with van der Waals surface area (Å²) in [7, 11) is 0. The minimum absolute atomic E-state index is 0.0350. The molecule has 1 rings (SSSR count). The molecule has 0 aromatic heterocycles. The van der Waals surface area contributed by atoms with E-state index >= 15 is 0 Å². The van der Waals surface area contributed by atoms with Crippen LogP contribution in [0.1, 0.15) is 38.8 Å². The largest absolute Gasteiger partial charge is 0.371 e. The Morgan fingerprint density at radius 2 is 2.06 bits per heavy atom. The van der Waals surface area contributed by atoms with E-state index in [4.69, 9.17) is 17.3 Å². The Balaban J connectivity index is 2.96. The summed E-state index contributed by atoms with van der Waals surface area (Å²) in [4.78, 5) is 2.29. The maximum absolute atomic E-state index is 6.29. The van der Waals surface area contributed by atoms with E-state index in [-0.39, 0.29) is 6.04 Å². The first-order valence-corrected chi connectivity index (χ1v) is 6.27. The lowest BCUT2D eigenvalue weighted by atomic mass is 10.1. The molecule has 1 aromatic rings. The van der Waals surface area contributed by atoms with Crippen molar-refractivity contribution in [3.05, 3.63) is 28.8 Å². The molecule has 90 valence electrons. The van der Waals surface area contributed by atoms with Crippen molar-refractivity contribution in [3.8, 4) is 0 Å². The molecule has 16 heavy (non-hydrogen) atoms. The van der Waals surface area contributed by atoms with E-state index < -0.39 is 0 Å². The highest BCUT2D eigenvalue weighted by Crippen LogP contribution is 2.28. The Bertz CT molecular complexity index is 337. The van der Waals surface area contributed by atoms with E-state index in [1.54, 1.807) is 0 Å². The molecule has 0 aliphatic heterocycles. The number of hydrogen-bond donors (Lipinski definition) is 1. The van der Waals surface area contributed by atoms with Crippen LogP contribution in [0.15, 0.2) is 18.2 Å². The fourth-order valence-electron chi connectivity index (χ4n) is 1.78. The molecule has 0 aliphatic rings. The molecular weight excluding hydrogens is 220 g/mol. The molecule has 0 saturated heterocycles. The predicted octanol–water partition coefficient (Wildman–Crippen LogP) is 3.60. The number of halogens is 1. The molecule has 0 unspecified atom stereocenters. The second-order valence-corrected chi connectivity index (χ2v) is 4.49. The van der Waals surface area contributed by atoms with Crippen molar-refractivity contribution >= 4 is 17.3 Å². The van der Waals surface area contributed by atoms with Gasteiger partial charge in [0.2, 0.25) is 0 Å². The summed E-state index contributed by atoms with van der Waals surface area (Å²) < 4.78 is 0. The van der Waals surface area contributed by atoms with Crippen molar-refractivity contribution in [2.24, 2.45) is 5.73 Å². The number of nitrogens with two attached hydrogens (primary N) is 1. The highest BCUT2D eigenvalue weighted by atomic mass is 35.5. The summed E-state index contributed by atoms with van der Waals surface area (Å²) in [5, 5.41) is 0.796. The first-order valence-electron chi connectivity index (χ1n) is 5.90. The van der Waals surface area contributed by atoms with Gasteiger partial charge in [0.1, 0.15) is 0 Å². The third-order valence-corrected chi connectivity index (χ3v) is 3.02. The van der Waals surface area contributed by atoms with Crippen LogP contribution in [-0.4, -0.2) is 13.1 Å². The Kier molecular flexibility index (Phi) is 5.10. The van der Waals surface area contributed by atoms with Gasteiger partial charge in [0.15, 0.2) is 0 Å². The van der Waals surface area contributed by atoms with Gasteiger partial charge in [-0.3, -0.25) is 0 Å². The zero-order chi connectivity index (χ0) is 12.1. The lowest BCUT2D eigenvalue weighted by molar-refractivity contribution is 0.788. The van der Waals surface area contributed by atoms with E-state index in [1.807, 2.05) is 13.0 Å². The molecule has 1 atom stereocenters. The van der Waals surface area contributed by atoms with E-state index in [0.717, 1.165) is 35.8 Å². The van der Waals surface area contributed by atoms with Crippen molar-refractivity contribution < 1.29 is 0 Å². The first kappa shape index (κ1) is 13.3. The van der Waals surface area contributed by atoms with E-state index in [1.165, 1.54) is 0 Å². The average molecular weight is 241 g/mol. The fraction of sp³-hybridized carbons (Fsp3) is 0.538. The fourth-order valence-corrected chi connectivity index (χ4v) is 2.09. The van der Waals surface area contributed by atoms with Gasteiger partial charge < -0.3 is 10.6 Å². The number of anilines is 1. The first-order chi connectivity index (χ1) is 7.60. The van der Waals surface area contributed by atoms with Crippen LogP contribution < -0.4 is 10.6 Å². The van der Waals surface area contributed by atoms with Gasteiger partial charge in [-0.05, 0) is 38.0 Å². The Labute approximate surface area is 103 Å². The number of benzene rings is 1. The van der Waals surface area contributed by atoms with Crippen LogP contribution in [0.3, 0.4) is 0 Å². The van der Waals surface area contributed by atoms with Crippen LogP contribution in [0.25, 0.3) is 0 Å². The van der Waals surface area contributed by atoms with E-state index in [2.05, 4.69) is 30.9 Å². The molecule has 3 heteroatoms. The topological polar surface area (TPSA) is 29.3 Å². The molecule has 2 nitrogen and oxygen atoms in total. The van der Waals surface area contributed by atoms with Crippen molar-refractivity contribution in [2.45, 2.75) is 33.2 Å². The van der Waals surface area contributed by atoms with Gasteiger partial charge >= 0.3 is 0 Å². The van der Waals surface area contributed by atoms with Crippen LogP contribution in [0.5, 0.6) is 0 Å². The van der Waals surface area contributed by atoms with Crippen molar-refractivity contribution in [1.29, 1.82) is 0 Å². The van der Waals surface area contributed by atoms with Crippen molar-refractivity contribution in [2.75, 3.05) is 18.0 Å². The predicted molar refractivity (Wildman–Crippen MR) is 72.2 cm³/mol. The summed E-state index contributed by atoms with van der Waals surface area (Å²) >= 11 is 6.29. The molecule has 0 amide bonds. The summed E-state index contributed by atoms with van der Waals surface area (Å²) in [5.74, 6) is 0. The molecule has 0 radical (unpaired) electrons. The Morgan fingerprint density at radius 3 is 2.50 bits per heavy atom. The zero-order valence-corrected chi connectivity index (χ0v) is 11.1. The smallest absolute Gasteiger partial charge is 0.0642 e. The highest BCUT2D eigenvalue weighted by molar-refractivity contribution is 6.33. The van der Waals surface area contributed by atoms with Crippen LogP contribution >= 0.6 is 11.6 Å². The standard InChI is InChI=1S/C13H21ClN2/c1-4-8-16(5-2)13-7-6-11(10(3)15)9-12(13)14/h6-7,9-10H,4-5,8,15H2,1-3H3/t10-/m0/s1. The second kappa shape index (κ2) is 6.12. The van der Waals surface area contributed by atoms with Gasteiger partial charge in [-0.2, -0.15) is 0 Å². The summed E-state index contributed by atoms with van der Waals surface area (Å²) in [5.41, 5.74) is 8.02. The van der Waals surface area contributed by atoms with Crippen LogP contribution in [0, 0.1) is 0 Å². The average Bonchev–Trinajstić information content (AvgIpc) is 2.26. The minimum atomic E-state index is 0.0350. The molecule has 0 spiro atoms. The third-order valence-electron chi connectivity index (χ3n) is 2.71. The second-order valence-electron chi connectivity index (χ2n) is 4.08. The number of nitrogens with zero attached hydrogens (tertiary/aromatic N) is 1. The molecule has 0 saturated carbocycles. The molecule has 0 bridgehead atoms. The van der Waals surface area contributed by atoms with E-state index in [0.29, 0.717) is 0 Å². The van der Waals surface area contributed by atoms with Gasteiger partial charge in [0.25, 0.3) is 0 Å². The quantitative estimate of drug-likeness (QED) is 0.852. The Morgan fingerprint density at radius 1 is 1.38 bits per heavy atom. The van der Waals surface area contributed by atoms with Crippen LogP contribution in [0.2, 0.25) is 5.02 Å². The van der Waals surface area contributed by atoms with Crippen molar-refractivity contribution in [1.82, 2.24) is 0 Å². The monoisotopic (exact) mass is 240 g/mol. The third kappa shape index (κ3) is 3.13. The van der Waals surface area contributed by atoms with Gasteiger partial charge in [-0.25, -0.2) is 0 Å². The number of hydrogen-bond acceptors (Lipinski definition) is 2. The molecule has 2 N–H and O–H groups in total. The van der Waals surface area contributed by atoms with Gasteiger partial charge in [-0.1, -0.05) is 24.6 Å². The van der Waals surface area contributed by atoms with E-state index in [9.17, 15) is 0 Å². The molecule has 0 aliphatic carbocycles. The summed E-state index contributed by atoms with van der Waals surface area (Å²) in [6, 6.07) is 6.14. The van der Waals surface area contributed by atoms with Crippen LogP contribution in [-0.2, 0) is 0 Å². The molecule has 0 fully saturated rings. The molecule has 1 aromatic carbocycles. The molecular formula is C13H21ClN2. The molecule has 0 heterocycles. The maximum Gasteiger partial charge on any atom is 0.0642 e. The summed E-state index contributed by atoms with van der Waals surface area (Å²) in [6.45, 7) is 8.30. The summed E-state index contributed by atoms with van der Waals surface area (Å²) in [6.07, 6.45) is 1.12. The SMILES string of the molecule is CCCN(CC)c1ccc([C@H](C)N)cc1Cl. The van der Waals surface area contributed by atoms with Crippen LogP contribution in [0.4, 0.5) is 5.69 Å². The highest BCUT2D eigenvalue weighted by Gasteiger charge is 2.09. The zero-order valence-electron chi connectivity index (χ0n) is 10.3. The lowest BCUT2D eigenvalue weighted by Crippen LogP contribution is -2.23. The van der Waals surface area contributed by atoms with Gasteiger partial charge in [0.05, 0.1) is 10.7 Å². The van der Waals surface area contributed by atoms with Gasteiger partial charge in [0, 0.05) is 19.1 Å². The Hall–Kier alpha value is -0.730. The van der Waals surface area contributed by atoms with Gasteiger partial charge in [-0.15, -0.1) is 0 Å². The maximum atomic E-state index is 6.29.